The van der Waals surface area contributed by atoms with Gasteiger partial charge >= 0.3 is 11.9 Å². The fourth-order valence-corrected chi connectivity index (χ4v) is 6.69. The van der Waals surface area contributed by atoms with Crippen molar-refractivity contribution < 1.29 is 27.4 Å². The topological polar surface area (TPSA) is 99.8 Å². The number of benzene rings is 3. The number of hydrogen-bond acceptors (Lipinski definition) is 9. The van der Waals surface area contributed by atoms with E-state index in [1.54, 1.807) is 23.0 Å². The average molecular weight is 716 g/mol. The van der Waals surface area contributed by atoms with Crippen molar-refractivity contribution in [3.05, 3.63) is 125 Å². The van der Waals surface area contributed by atoms with E-state index >= 15 is 0 Å². The molecular formula is C38H40F3N7O4. The molecule has 52 heavy (non-hydrogen) atoms. The molecule has 0 amide bonds. The highest BCUT2D eigenvalue weighted by Crippen LogP contribution is 2.44. The Morgan fingerprint density at radius 2 is 1.56 bits per heavy atom. The van der Waals surface area contributed by atoms with Crippen molar-refractivity contribution in [3.8, 4) is 11.4 Å². The predicted octanol–water partition coefficient (Wildman–Crippen LogP) is 6.03. The third kappa shape index (κ3) is 7.39. The maximum Gasteiger partial charge on any atom is 0.416 e. The summed E-state index contributed by atoms with van der Waals surface area (Å²) in [5.41, 5.74) is 2.52. The van der Waals surface area contributed by atoms with Gasteiger partial charge in [-0.2, -0.15) is 28.5 Å². The lowest BCUT2D eigenvalue weighted by Gasteiger charge is -2.37. The second-order valence-corrected chi connectivity index (χ2v) is 13.1. The molecule has 0 spiro atoms. The fraction of sp³-hybridized carbons (Fsp3) is 0.368. The highest BCUT2D eigenvalue weighted by molar-refractivity contribution is 5.54. The van der Waals surface area contributed by atoms with Crippen LogP contribution in [0.4, 0.5) is 24.5 Å². The Morgan fingerprint density at radius 1 is 0.904 bits per heavy atom. The van der Waals surface area contributed by atoms with E-state index in [9.17, 15) is 18.0 Å². The van der Waals surface area contributed by atoms with Gasteiger partial charge in [0.1, 0.15) is 24.8 Å². The second kappa shape index (κ2) is 14.8. The van der Waals surface area contributed by atoms with Crippen LogP contribution in [0.25, 0.3) is 5.69 Å². The van der Waals surface area contributed by atoms with Gasteiger partial charge in [0.25, 0.3) is 0 Å². The number of piperazine rings is 1. The van der Waals surface area contributed by atoms with E-state index in [0.29, 0.717) is 11.3 Å². The standard InChI is InChI=1S/C38H40F3N7O4/c1-3-27(2)48-36(49)47(26-44-48)31-10-8-29(9-11-31)45-18-20-46(21-19-45)30-12-14-32(15-13-30)50-24-33-25-51-37(52-33,22-28-16-17-42-43-23-28)34-6-4-5-7-35(34)38(39,40)41/h4-17,23,26-27,33H,3,18-22,24-25H2,1-2H3/t27?,33-,37+/m1/s1. The maximum atomic E-state index is 14.1. The highest BCUT2D eigenvalue weighted by atomic mass is 19.4. The van der Waals surface area contributed by atoms with Crippen molar-refractivity contribution >= 4 is 11.4 Å². The molecule has 0 N–H and O–H groups in total. The molecule has 14 heteroatoms. The molecule has 2 aromatic heterocycles. The predicted molar refractivity (Wildman–Crippen MR) is 189 cm³/mol. The van der Waals surface area contributed by atoms with Gasteiger partial charge in [0, 0.05) is 55.7 Å². The quantitative estimate of drug-likeness (QED) is 0.162. The first kappa shape index (κ1) is 35.2. The van der Waals surface area contributed by atoms with Crippen LogP contribution in [0.5, 0.6) is 5.75 Å². The lowest BCUT2D eigenvalue weighted by atomic mass is 9.94. The normalized spacial score (nSPS) is 19.9. The maximum absolute atomic E-state index is 14.1. The van der Waals surface area contributed by atoms with Crippen molar-refractivity contribution in [3.63, 3.8) is 0 Å². The molecule has 2 saturated heterocycles. The van der Waals surface area contributed by atoms with Crippen LogP contribution in [0, 0.1) is 0 Å². The Bertz CT molecular complexity index is 2000. The van der Waals surface area contributed by atoms with Crippen LogP contribution >= 0.6 is 0 Å². The summed E-state index contributed by atoms with van der Waals surface area (Å²) in [6.07, 6.45) is 0.188. The summed E-state index contributed by atoms with van der Waals surface area (Å²) in [6.45, 7) is 7.47. The third-order valence-corrected chi connectivity index (χ3v) is 9.70. The Kier molecular flexibility index (Phi) is 10.0. The smallest absolute Gasteiger partial charge is 0.416 e. The summed E-state index contributed by atoms with van der Waals surface area (Å²) in [4.78, 5) is 17.4. The Hall–Kier alpha value is -5.21. The monoisotopic (exact) mass is 715 g/mol. The van der Waals surface area contributed by atoms with E-state index in [-0.39, 0.29) is 36.9 Å². The van der Waals surface area contributed by atoms with Crippen molar-refractivity contribution in [1.82, 2.24) is 24.5 Å². The Balaban J connectivity index is 0.946. The van der Waals surface area contributed by atoms with E-state index in [4.69, 9.17) is 14.2 Å². The van der Waals surface area contributed by atoms with Crippen LogP contribution in [0.1, 0.15) is 43.0 Å². The lowest BCUT2D eigenvalue weighted by molar-refractivity contribution is -0.188. The van der Waals surface area contributed by atoms with Gasteiger partial charge in [-0.15, -0.1) is 0 Å². The molecule has 5 aromatic rings. The van der Waals surface area contributed by atoms with Crippen LogP contribution in [0.2, 0.25) is 0 Å². The Morgan fingerprint density at radius 3 is 2.19 bits per heavy atom. The Labute approximate surface area is 299 Å². The summed E-state index contributed by atoms with van der Waals surface area (Å²) in [5.74, 6) is -1.06. The summed E-state index contributed by atoms with van der Waals surface area (Å²) < 4.78 is 63.7. The van der Waals surface area contributed by atoms with E-state index in [2.05, 4.69) is 25.1 Å². The van der Waals surface area contributed by atoms with Gasteiger partial charge in [0.05, 0.1) is 30.1 Å². The van der Waals surface area contributed by atoms with Crippen LogP contribution in [0.15, 0.2) is 102 Å². The van der Waals surface area contributed by atoms with Crippen LogP contribution < -0.4 is 20.2 Å². The van der Waals surface area contributed by atoms with Gasteiger partial charge in [-0.05, 0) is 79.6 Å². The van der Waals surface area contributed by atoms with Gasteiger partial charge in [0.15, 0.2) is 5.79 Å². The largest absolute Gasteiger partial charge is 0.491 e. The van der Waals surface area contributed by atoms with Crippen molar-refractivity contribution in [2.45, 2.75) is 50.8 Å². The molecule has 2 aliphatic rings. The first-order valence-electron chi connectivity index (χ1n) is 17.4. The first-order chi connectivity index (χ1) is 25.1. The van der Waals surface area contributed by atoms with E-state index in [0.717, 1.165) is 55.7 Å². The molecule has 0 aliphatic carbocycles. The highest BCUT2D eigenvalue weighted by Gasteiger charge is 2.48. The van der Waals surface area contributed by atoms with Crippen molar-refractivity contribution in [2.75, 3.05) is 49.2 Å². The summed E-state index contributed by atoms with van der Waals surface area (Å²) in [5, 5.41) is 11.9. The minimum Gasteiger partial charge on any atom is -0.491 e. The van der Waals surface area contributed by atoms with E-state index in [1.165, 1.54) is 29.2 Å². The molecule has 1 unspecified atom stereocenters. The molecule has 0 saturated carbocycles. The number of ether oxygens (including phenoxy) is 3. The molecule has 0 bridgehead atoms. The number of alkyl halides is 3. The zero-order valence-electron chi connectivity index (χ0n) is 28.9. The number of hydrogen-bond donors (Lipinski definition) is 0. The molecule has 2 fully saturated rings. The number of nitrogens with zero attached hydrogens (tertiary/aromatic N) is 7. The van der Waals surface area contributed by atoms with Gasteiger partial charge < -0.3 is 24.0 Å². The second-order valence-electron chi connectivity index (χ2n) is 13.1. The minimum absolute atomic E-state index is 0.0195. The lowest BCUT2D eigenvalue weighted by Crippen LogP contribution is -2.46. The summed E-state index contributed by atoms with van der Waals surface area (Å²) in [6, 6.07) is 22.8. The number of rotatable bonds is 11. The molecule has 272 valence electrons. The summed E-state index contributed by atoms with van der Waals surface area (Å²) in [7, 11) is 0. The fourth-order valence-electron chi connectivity index (χ4n) is 6.69. The molecule has 7 rings (SSSR count). The van der Waals surface area contributed by atoms with Crippen molar-refractivity contribution in [2.24, 2.45) is 0 Å². The molecule has 3 aromatic carbocycles. The van der Waals surface area contributed by atoms with Gasteiger partial charge in [-0.3, -0.25) is 0 Å². The molecular weight excluding hydrogens is 675 g/mol. The van der Waals surface area contributed by atoms with Crippen molar-refractivity contribution in [1.29, 1.82) is 0 Å². The molecule has 0 radical (unpaired) electrons. The molecule has 2 aliphatic heterocycles. The van der Waals surface area contributed by atoms with Gasteiger partial charge in [0.2, 0.25) is 0 Å². The van der Waals surface area contributed by atoms with E-state index in [1.807, 2.05) is 62.4 Å². The van der Waals surface area contributed by atoms with Crippen LogP contribution in [-0.2, 0) is 27.9 Å². The zero-order chi connectivity index (χ0) is 36.3. The molecule has 4 heterocycles. The number of anilines is 2. The zero-order valence-corrected chi connectivity index (χ0v) is 28.9. The molecule has 11 nitrogen and oxygen atoms in total. The van der Waals surface area contributed by atoms with Crippen LogP contribution in [0.3, 0.4) is 0 Å². The van der Waals surface area contributed by atoms with Gasteiger partial charge in [-0.1, -0.05) is 25.1 Å². The number of halogens is 3. The number of aromatic nitrogens is 5. The van der Waals surface area contributed by atoms with Gasteiger partial charge in [-0.25, -0.2) is 14.0 Å². The van der Waals surface area contributed by atoms with E-state index < -0.39 is 23.6 Å². The van der Waals surface area contributed by atoms with Crippen LogP contribution in [-0.4, -0.2) is 70.0 Å². The SMILES string of the molecule is CCC(C)n1ncn(-c2ccc(N3CCN(c4ccc(OC[C@@H]5CO[C@](Cc6ccnnc6)(c6ccccc6C(F)(F)F)O5)cc4)CC3)cc2)c1=O. The minimum atomic E-state index is -4.59. The summed E-state index contributed by atoms with van der Waals surface area (Å²) >= 11 is 0. The average Bonchev–Trinajstić information content (AvgIpc) is 3.77. The first-order valence-corrected chi connectivity index (χ1v) is 17.4. The third-order valence-electron chi connectivity index (χ3n) is 9.70. The molecule has 3 atom stereocenters.